The quantitative estimate of drug-likeness (QED) is 0.690. The SMILES string of the molecule is O=C1[C@@H](Oc2ccccc2)[C@@H](c2ccccc2)N1c1cccnc1. The molecule has 2 heterocycles. The number of carbonyl (C=O) groups is 1. The summed E-state index contributed by atoms with van der Waals surface area (Å²) in [6.07, 6.45) is 2.87. The summed E-state index contributed by atoms with van der Waals surface area (Å²) in [5.74, 6) is 0.642. The Hall–Kier alpha value is -3.14. The second-order valence-electron chi connectivity index (χ2n) is 5.63. The number of hydrogen-bond acceptors (Lipinski definition) is 3. The van der Waals surface area contributed by atoms with E-state index < -0.39 is 6.10 Å². The van der Waals surface area contributed by atoms with Gasteiger partial charge in [0.15, 0.2) is 0 Å². The van der Waals surface area contributed by atoms with Crippen molar-refractivity contribution in [1.82, 2.24) is 4.98 Å². The molecule has 0 N–H and O–H groups in total. The number of amides is 1. The van der Waals surface area contributed by atoms with Gasteiger partial charge in [-0.3, -0.25) is 14.7 Å². The van der Waals surface area contributed by atoms with Crippen LogP contribution in [-0.4, -0.2) is 17.0 Å². The van der Waals surface area contributed by atoms with Crippen LogP contribution in [0.25, 0.3) is 0 Å². The zero-order valence-electron chi connectivity index (χ0n) is 12.9. The standard InChI is InChI=1S/C20H16N2O2/c23-20-19(24-17-11-5-2-6-12-17)18(15-8-3-1-4-9-15)22(20)16-10-7-13-21-14-16/h1-14,18-19H/t18-,19+/m1/s1. The summed E-state index contributed by atoms with van der Waals surface area (Å²) >= 11 is 0. The number of aromatic nitrogens is 1. The third kappa shape index (κ3) is 2.52. The maximum absolute atomic E-state index is 12.7. The Morgan fingerprint density at radius 1 is 0.875 bits per heavy atom. The number of carbonyl (C=O) groups excluding carboxylic acids is 1. The fourth-order valence-corrected chi connectivity index (χ4v) is 2.98. The van der Waals surface area contributed by atoms with Crippen molar-refractivity contribution in [3.8, 4) is 5.75 Å². The smallest absolute Gasteiger partial charge is 0.271 e. The molecule has 118 valence electrons. The third-order valence-electron chi connectivity index (χ3n) is 4.12. The number of para-hydroxylation sites is 1. The van der Waals surface area contributed by atoms with Gasteiger partial charge in [0.1, 0.15) is 11.8 Å². The summed E-state index contributed by atoms with van der Waals surface area (Å²) in [5, 5.41) is 0. The molecule has 1 aliphatic heterocycles. The maximum Gasteiger partial charge on any atom is 0.271 e. The maximum atomic E-state index is 12.7. The number of benzene rings is 2. The van der Waals surface area contributed by atoms with Crippen LogP contribution in [0.4, 0.5) is 5.69 Å². The molecule has 0 saturated carbocycles. The Morgan fingerprint density at radius 2 is 1.58 bits per heavy atom. The van der Waals surface area contributed by atoms with Crippen molar-refractivity contribution < 1.29 is 9.53 Å². The van der Waals surface area contributed by atoms with Gasteiger partial charge in [0, 0.05) is 6.20 Å². The van der Waals surface area contributed by atoms with Crippen LogP contribution in [0.2, 0.25) is 0 Å². The molecule has 3 aromatic rings. The lowest BCUT2D eigenvalue weighted by molar-refractivity contribution is -0.135. The molecule has 1 fully saturated rings. The average molecular weight is 316 g/mol. The van der Waals surface area contributed by atoms with Crippen molar-refractivity contribution in [2.75, 3.05) is 4.90 Å². The monoisotopic (exact) mass is 316 g/mol. The van der Waals surface area contributed by atoms with Crippen LogP contribution in [0.5, 0.6) is 5.75 Å². The molecule has 4 heteroatoms. The molecule has 0 bridgehead atoms. The van der Waals surface area contributed by atoms with Gasteiger partial charge in [-0.1, -0.05) is 48.5 Å². The Balaban J connectivity index is 1.68. The largest absolute Gasteiger partial charge is 0.478 e. The van der Waals surface area contributed by atoms with Gasteiger partial charge in [-0.05, 0) is 29.8 Å². The highest BCUT2D eigenvalue weighted by Crippen LogP contribution is 2.40. The first-order chi connectivity index (χ1) is 11.8. The minimum atomic E-state index is -0.532. The zero-order chi connectivity index (χ0) is 16.4. The minimum absolute atomic E-state index is 0.0549. The second kappa shape index (κ2) is 6.16. The molecule has 4 rings (SSSR count). The molecule has 2 atom stereocenters. The van der Waals surface area contributed by atoms with E-state index in [1.54, 1.807) is 17.3 Å². The number of nitrogens with zero attached hydrogens (tertiary/aromatic N) is 2. The van der Waals surface area contributed by atoms with Gasteiger partial charge in [-0.2, -0.15) is 0 Å². The van der Waals surface area contributed by atoms with Gasteiger partial charge in [0.05, 0.1) is 11.9 Å². The molecule has 0 unspecified atom stereocenters. The van der Waals surface area contributed by atoms with Gasteiger partial charge < -0.3 is 4.74 Å². The summed E-state index contributed by atoms with van der Waals surface area (Å²) in [5.41, 5.74) is 1.83. The molecule has 1 amide bonds. The van der Waals surface area contributed by atoms with Crippen molar-refractivity contribution in [3.63, 3.8) is 0 Å². The number of β-lactam (4-membered cyclic amide) rings is 1. The fourth-order valence-electron chi connectivity index (χ4n) is 2.98. The van der Waals surface area contributed by atoms with Gasteiger partial charge in [-0.25, -0.2) is 0 Å². The lowest BCUT2D eigenvalue weighted by Gasteiger charge is -2.46. The topological polar surface area (TPSA) is 42.4 Å². The summed E-state index contributed by atoms with van der Waals surface area (Å²) in [6.45, 7) is 0. The predicted molar refractivity (Wildman–Crippen MR) is 91.8 cm³/mol. The third-order valence-corrected chi connectivity index (χ3v) is 4.12. The van der Waals surface area contributed by atoms with Gasteiger partial charge in [0.25, 0.3) is 5.91 Å². The van der Waals surface area contributed by atoms with Crippen LogP contribution in [0.3, 0.4) is 0 Å². The molecular formula is C20H16N2O2. The fraction of sp³-hybridized carbons (Fsp3) is 0.100. The predicted octanol–water partition coefficient (Wildman–Crippen LogP) is 3.62. The van der Waals surface area contributed by atoms with E-state index in [-0.39, 0.29) is 11.9 Å². The van der Waals surface area contributed by atoms with Crippen LogP contribution in [0, 0.1) is 0 Å². The van der Waals surface area contributed by atoms with Gasteiger partial charge >= 0.3 is 0 Å². The number of hydrogen-bond donors (Lipinski definition) is 0. The Kier molecular flexibility index (Phi) is 3.71. The van der Waals surface area contributed by atoms with Crippen molar-refractivity contribution in [2.24, 2.45) is 0 Å². The normalized spacial score (nSPS) is 19.7. The average Bonchev–Trinajstić information content (AvgIpc) is 2.66. The van der Waals surface area contributed by atoms with E-state index in [9.17, 15) is 4.79 Å². The van der Waals surface area contributed by atoms with E-state index in [0.29, 0.717) is 5.75 Å². The van der Waals surface area contributed by atoms with E-state index in [2.05, 4.69) is 4.98 Å². The van der Waals surface area contributed by atoms with Crippen LogP contribution >= 0.6 is 0 Å². The lowest BCUT2D eigenvalue weighted by Crippen LogP contribution is -2.61. The highest BCUT2D eigenvalue weighted by atomic mass is 16.5. The Bertz CT molecular complexity index is 822. The van der Waals surface area contributed by atoms with Crippen LogP contribution in [0.15, 0.2) is 85.2 Å². The van der Waals surface area contributed by atoms with Crippen LogP contribution < -0.4 is 9.64 Å². The van der Waals surface area contributed by atoms with Crippen molar-refractivity contribution in [2.45, 2.75) is 12.1 Å². The summed E-state index contributed by atoms with van der Waals surface area (Å²) in [4.78, 5) is 18.6. The van der Waals surface area contributed by atoms with Crippen molar-refractivity contribution >= 4 is 11.6 Å². The molecule has 1 aromatic heterocycles. The first-order valence-corrected chi connectivity index (χ1v) is 7.84. The molecule has 2 aromatic carbocycles. The van der Waals surface area contributed by atoms with E-state index in [1.165, 1.54) is 0 Å². The van der Waals surface area contributed by atoms with Crippen molar-refractivity contribution in [1.29, 1.82) is 0 Å². The molecule has 4 nitrogen and oxygen atoms in total. The van der Waals surface area contributed by atoms with Crippen molar-refractivity contribution in [3.05, 3.63) is 90.8 Å². The minimum Gasteiger partial charge on any atom is -0.478 e. The second-order valence-corrected chi connectivity index (χ2v) is 5.63. The lowest BCUT2D eigenvalue weighted by atomic mass is 9.90. The van der Waals surface area contributed by atoms with E-state index >= 15 is 0 Å². The number of ether oxygens (including phenoxy) is 1. The van der Waals surface area contributed by atoms with Gasteiger partial charge in [0.2, 0.25) is 6.10 Å². The Labute approximate surface area is 140 Å². The summed E-state index contributed by atoms with van der Waals surface area (Å²) in [7, 11) is 0. The van der Waals surface area contributed by atoms with Crippen LogP contribution in [0.1, 0.15) is 11.6 Å². The van der Waals surface area contributed by atoms with E-state index in [0.717, 1.165) is 11.3 Å². The van der Waals surface area contributed by atoms with E-state index in [4.69, 9.17) is 4.74 Å². The molecule has 0 radical (unpaired) electrons. The summed E-state index contributed by atoms with van der Waals surface area (Å²) in [6, 6.07) is 22.9. The number of rotatable bonds is 4. The highest BCUT2D eigenvalue weighted by molar-refractivity contribution is 6.05. The molecular weight excluding hydrogens is 300 g/mol. The first-order valence-electron chi connectivity index (χ1n) is 7.84. The summed E-state index contributed by atoms with van der Waals surface area (Å²) < 4.78 is 5.97. The van der Waals surface area contributed by atoms with E-state index in [1.807, 2.05) is 72.8 Å². The highest BCUT2D eigenvalue weighted by Gasteiger charge is 2.51. The number of pyridine rings is 1. The van der Waals surface area contributed by atoms with Gasteiger partial charge in [-0.15, -0.1) is 0 Å². The molecule has 0 aliphatic carbocycles. The number of anilines is 1. The zero-order valence-corrected chi connectivity index (χ0v) is 12.9. The van der Waals surface area contributed by atoms with Crippen LogP contribution in [-0.2, 0) is 4.79 Å². The first kappa shape index (κ1) is 14.5. The Morgan fingerprint density at radius 3 is 2.25 bits per heavy atom. The molecule has 1 saturated heterocycles. The molecule has 24 heavy (non-hydrogen) atoms. The molecule has 1 aliphatic rings. The molecule has 0 spiro atoms.